The van der Waals surface area contributed by atoms with E-state index in [1.54, 1.807) is 0 Å². The van der Waals surface area contributed by atoms with Gasteiger partial charge < -0.3 is 10.1 Å². The molecule has 1 unspecified atom stereocenters. The molecule has 2 heterocycles. The largest absolute Gasteiger partial charge is 0.396 e. The van der Waals surface area contributed by atoms with Gasteiger partial charge in [-0.2, -0.15) is 0 Å². The highest BCUT2D eigenvalue weighted by Gasteiger charge is 2.31. The van der Waals surface area contributed by atoms with Crippen LogP contribution in [0.4, 0.5) is 0 Å². The second-order valence-electron chi connectivity index (χ2n) is 6.20. The summed E-state index contributed by atoms with van der Waals surface area (Å²) >= 11 is 0. The first-order valence-electron chi connectivity index (χ1n) is 6.96. The number of nitrogens with zero attached hydrogens (tertiary/aromatic N) is 1. The van der Waals surface area contributed by atoms with Crippen molar-refractivity contribution >= 4 is 5.78 Å². The molecule has 4 nitrogen and oxygen atoms in total. The van der Waals surface area contributed by atoms with Crippen molar-refractivity contribution in [2.75, 3.05) is 26.2 Å². The number of nitrogens with one attached hydrogen (secondary N) is 1. The fourth-order valence-corrected chi connectivity index (χ4v) is 2.99. The van der Waals surface area contributed by atoms with E-state index in [0.29, 0.717) is 6.54 Å². The summed E-state index contributed by atoms with van der Waals surface area (Å²) in [5.74, 6) is 0.170. The molecule has 2 N–H and O–H groups in total. The van der Waals surface area contributed by atoms with Gasteiger partial charge in [-0.15, -0.1) is 0 Å². The minimum absolute atomic E-state index is 0.0539. The summed E-state index contributed by atoms with van der Waals surface area (Å²) in [5.41, 5.74) is 2.72. The van der Waals surface area contributed by atoms with Gasteiger partial charge in [0, 0.05) is 35.5 Å². The second-order valence-corrected chi connectivity index (χ2v) is 6.20. The highest BCUT2D eigenvalue weighted by atomic mass is 16.3. The molecule has 1 aromatic heterocycles. The highest BCUT2D eigenvalue weighted by molar-refractivity contribution is 5.98. The minimum Gasteiger partial charge on any atom is -0.396 e. The van der Waals surface area contributed by atoms with Gasteiger partial charge in [-0.3, -0.25) is 9.69 Å². The Morgan fingerprint density at radius 1 is 1.53 bits per heavy atom. The molecule has 0 radical (unpaired) electrons. The fourth-order valence-electron chi connectivity index (χ4n) is 2.99. The molecule has 106 valence electrons. The standard InChI is InChI=1S/C15H24N2O2/c1-11-7-13(12(2)16-11)14(19)8-17-6-4-5-15(3,9-17)10-18/h7,16,18H,4-6,8-10H2,1-3H3. The van der Waals surface area contributed by atoms with Crippen molar-refractivity contribution in [2.45, 2.75) is 33.6 Å². The molecule has 1 aliphatic heterocycles. The summed E-state index contributed by atoms with van der Waals surface area (Å²) in [5, 5.41) is 9.45. The number of rotatable bonds is 4. The molecule has 0 aromatic carbocycles. The van der Waals surface area contributed by atoms with Crippen molar-refractivity contribution in [2.24, 2.45) is 5.41 Å². The van der Waals surface area contributed by atoms with E-state index < -0.39 is 0 Å². The first kappa shape index (κ1) is 14.3. The van der Waals surface area contributed by atoms with Gasteiger partial charge in [-0.25, -0.2) is 0 Å². The van der Waals surface area contributed by atoms with Crippen LogP contribution in [0.5, 0.6) is 0 Å². The number of aryl methyl sites for hydroxylation is 2. The molecule has 1 aliphatic rings. The van der Waals surface area contributed by atoms with Gasteiger partial charge in [0.05, 0.1) is 6.54 Å². The first-order valence-corrected chi connectivity index (χ1v) is 6.96. The van der Waals surface area contributed by atoms with E-state index in [4.69, 9.17) is 0 Å². The van der Waals surface area contributed by atoms with Gasteiger partial charge in [0.25, 0.3) is 0 Å². The molecular formula is C15H24N2O2. The monoisotopic (exact) mass is 264 g/mol. The molecule has 0 spiro atoms. The first-order chi connectivity index (χ1) is 8.93. The van der Waals surface area contributed by atoms with E-state index in [0.717, 1.165) is 42.9 Å². The van der Waals surface area contributed by atoms with E-state index in [1.807, 2.05) is 19.9 Å². The van der Waals surface area contributed by atoms with E-state index in [-0.39, 0.29) is 17.8 Å². The average Bonchev–Trinajstić information content (AvgIpc) is 2.69. The third kappa shape index (κ3) is 3.25. The lowest BCUT2D eigenvalue weighted by Crippen LogP contribution is -2.45. The number of likely N-dealkylation sites (tertiary alicyclic amines) is 1. The third-order valence-corrected chi connectivity index (χ3v) is 4.06. The number of aromatic nitrogens is 1. The SMILES string of the molecule is Cc1cc(C(=O)CN2CCCC(C)(CO)C2)c(C)[nH]1. The normalized spacial score (nSPS) is 24.6. The lowest BCUT2D eigenvalue weighted by atomic mass is 9.82. The summed E-state index contributed by atoms with van der Waals surface area (Å²) in [6.07, 6.45) is 2.09. The Morgan fingerprint density at radius 2 is 2.26 bits per heavy atom. The van der Waals surface area contributed by atoms with Crippen LogP contribution in [0.3, 0.4) is 0 Å². The van der Waals surface area contributed by atoms with Crippen molar-refractivity contribution in [3.63, 3.8) is 0 Å². The zero-order valence-corrected chi connectivity index (χ0v) is 12.1. The molecule has 0 amide bonds. The van der Waals surface area contributed by atoms with Crippen molar-refractivity contribution in [1.82, 2.24) is 9.88 Å². The van der Waals surface area contributed by atoms with Crippen LogP contribution in [0.25, 0.3) is 0 Å². The zero-order valence-electron chi connectivity index (χ0n) is 12.1. The smallest absolute Gasteiger partial charge is 0.178 e. The van der Waals surface area contributed by atoms with Crippen molar-refractivity contribution in [3.05, 3.63) is 23.0 Å². The predicted octanol–water partition coefficient (Wildman–Crippen LogP) is 1.91. The Balaban J connectivity index is 2.01. The Labute approximate surface area is 114 Å². The van der Waals surface area contributed by atoms with Gasteiger partial charge in [0.1, 0.15) is 0 Å². The van der Waals surface area contributed by atoms with Crippen LogP contribution in [0.15, 0.2) is 6.07 Å². The Kier molecular flexibility index (Phi) is 4.11. The highest BCUT2D eigenvalue weighted by Crippen LogP contribution is 2.28. The average molecular weight is 264 g/mol. The number of carbonyl (C=O) groups is 1. The van der Waals surface area contributed by atoms with Gasteiger partial charge >= 0.3 is 0 Å². The van der Waals surface area contributed by atoms with Gasteiger partial charge in [0.2, 0.25) is 0 Å². The van der Waals surface area contributed by atoms with E-state index in [9.17, 15) is 9.90 Å². The maximum Gasteiger partial charge on any atom is 0.178 e. The number of piperidine rings is 1. The third-order valence-electron chi connectivity index (χ3n) is 4.06. The van der Waals surface area contributed by atoms with Crippen LogP contribution in [0.2, 0.25) is 0 Å². The number of ketones is 1. The zero-order chi connectivity index (χ0) is 14.0. The van der Waals surface area contributed by atoms with Gasteiger partial charge in [-0.05, 0) is 39.3 Å². The van der Waals surface area contributed by atoms with Crippen molar-refractivity contribution in [3.8, 4) is 0 Å². The molecule has 1 saturated heterocycles. The summed E-state index contributed by atoms with van der Waals surface area (Å²) in [6, 6.07) is 1.92. The number of aliphatic hydroxyl groups excluding tert-OH is 1. The Hall–Kier alpha value is -1.13. The Morgan fingerprint density at radius 3 is 2.84 bits per heavy atom. The quantitative estimate of drug-likeness (QED) is 0.817. The number of hydrogen-bond donors (Lipinski definition) is 2. The molecule has 2 rings (SSSR count). The summed E-state index contributed by atoms with van der Waals surface area (Å²) in [7, 11) is 0. The molecule has 4 heteroatoms. The predicted molar refractivity (Wildman–Crippen MR) is 75.5 cm³/mol. The number of hydrogen-bond acceptors (Lipinski definition) is 3. The lowest BCUT2D eigenvalue weighted by Gasteiger charge is -2.39. The van der Waals surface area contributed by atoms with Crippen molar-refractivity contribution < 1.29 is 9.90 Å². The van der Waals surface area contributed by atoms with E-state index in [2.05, 4.69) is 16.8 Å². The molecule has 19 heavy (non-hydrogen) atoms. The second kappa shape index (κ2) is 5.47. The fraction of sp³-hybridized carbons (Fsp3) is 0.667. The molecule has 1 atom stereocenters. The summed E-state index contributed by atoms with van der Waals surface area (Å²) in [6.45, 7) is 8.40. The summed E-state index contributed by atoms with van der Waals surface area (Å²) < 4.78 is 0. The molecule has 1 fully saturated rings. The Bertz CT molecular complexity index is 467. The number of aliphatic hydroxyl groups is 1. The maximum atomic E-state index is 12.3. The number of carbonyl (C=O) groups excluding carboxylic acids is 1. The molecular weight excluding hydrogens is 240 g/mol. The molecule has 0 bridgehead atoms. The lowest BCUT2D eigenvalue weighted by molar-refractivity contribution is 0.0445. The van der Waals surface area contributed by atoms with Crippen molar-refractivity contribution in [1.29, 1.82) is 0 Å². The van der Waals surface area contributed by atoms with E-state index in [1.165, 1.54) is 0 Å². The maximum absolute atomic E-state index is 12.3. The number of H-pyrrole nitrogens is 1. The van der Waals surface area contributed by atoms with Crippen LogP contribution >= 0.6 is 0 Å². The van der Waals surface area contributed by atoms with E-state index >= 15 is 0 Å². The van der Waals surface area contributed by atoms with Gasteiger partial charge in [0.15, 0.2) is 5.78 Å². The number of aromatic amines is 1. The van der Waals surface area contributed by atoms with Crippen LogP contribution in [-0.4, -0.2) is 47.0 Å². The van der Waals surface area contributed by atoms with Gasteiger partial charge in [-0.1, -0.05) is 6.92 Å². The molecule has 1 aromatic rings. The van der Waals surface area contributed by atoms with Crippen LogP contribution in [0.1, 0.15) is 41.5 Å². The summed E-state index contributed by atoms with van der Waals surface area (Å²) in [4.78, 5) is 17.7. The number of Topliss-reactive ketones (excluding diaryl/α,β-unsaturated/α-hetero) is 1. The topological polar surface area (TPSA) is 56.3 Å². The molecule has 0 saturated carbocycles. The van der Waals surface area contributed by atoms with Crippen LogP contribution < -0.4 is 0 Å². The van der Waals surface area contributed by atoms with Crippen LogP contribution in [0, 0.1) is 19.3 Å². The minimum atomic E-state index is -0.0539. The van der Waals surface area contributed by atoms with Crippen LogP contribution in [-0.2, 0) is 0 Å². The molecule has 0 aliphatic carbocycles.